The fourth-order valence-electron chi connectivity index (χ4n) is 3.97. The lowest BCUT2D eigenvalue weighted by atomic mass is 9.72. The second-order valence-corrected chi connectivity index (χ2v) is 8.61. The lowest BCUT2D eigenvalue weighted by Crippen LogP contribution is -2.38. The number of carbonyl (C=O) groups excluding carboxylic acids is 1. The van der Waals surface area contributed by atoms with Gasteiger partial charge in [-0.3, -0.25) is 4.79 Å². The van der Waals surface area contributed by atoms with Crippen LogP contribution in [-0.4, -0.2) is 24.0 Å². The van der Waals surface area contributed by atoms with E-state index in [4.69, 9.17) is 0 Å². The average molecular weight is 356 g/mol. The summed E-state index contributed by atoms with van der Waals surface area (Å²) in [6.45, 7) is 4.23. The number of fused-ring (bicyclic) bond motifs is 1. The lowest BCUT2D eigenvalue weighted by Gasteiger charge is -2.33. The Hall–Kier alpha value is -1.72. The van der Waals surface area contributed by atoms with Crippen LogP contribution in [0.3, 0.4) is 0 Å². The zero-order valence-electron chi connectivity index (χ0n) is 14.7. The van der Waals surface area contributed by atoms with Crippen LogP contribution in [0.1, 0.15) is 48.1 Å². The Kier molecular flexibility index (Phi) is 4.61. The van der Waals surface area contributed by atoms with E-state index in [9.17, 15) is 4.79 Å². The standard InChI is InChI=1S/C20H25N3OS/c1-20(9-6-14-4-2-3-5-16(14)12-20)18(24)23-19-22-13-17(25-19)15-7-10-21-11-8-15/h2-5,13,15,21H,6-12H2,1H3,(H,22,23,24). The van der Waals surface area contributed by atoms with Gasteiger partial charge in [-0.05, 0) is 62.2 Å². The Bertz CT molecular complexity index is 766. The van der Waals surface area contributed by atoms with Crippen LogP contribution in [-0.2, 0) is 17.6 Å². The summed E-state index contributed by atoms with van der Waals surface area (Å²) < 4.78 is 0. The second kappa shape index (κ2) is 6.89. The van der Waals surface area contributed by atoms with Gasteiger partial charge in [-0.2, -0.15) is 0 Å². The fourth-order valence-corrected chi connectivity index (χ4v) is 4.95. The molecule has 1 amide bonds. The van der Waals surface area contributed by atoms with Crippen molar-refractivity contribution in [3.05, 3.63) is 46.5 Å². The van der Waals surface area contributed by atoms with Crippen molar-refractivity contribution in [1.29, 1.82) is 0 Å². The van der Waals surface area contributed by atoms with Crippen LogP contribution in [0, 0.1) is 5.41 Å². The Balaban J connectivity index is 1.44. The van der Waals surface area contributed by atoms with Gasteiger partial charge in [0.1, 0.15) is 0 Å². The molecule has 5 heteroatoms. The number of carbonyl (C=O) groups is 1. The molecule has 2 aromatic rings. The van der Waals surface area contributed by atoms with Crippen LogP contribution < -0.4 is 10.6 Å². The molecule has 2 heterocycles. The molecule has 25 heavy (non-hydrogen) atoms. The third-order valence-corrected chi connectivity index (χ3v) is 6.75. The molecular formula is C20H25N3OS. The third kappa shape index (κ3) is 3.48. The minimum absolute atomic E-state index is 0.105. The molecule has 1 fully saturated rings. The topological polar surface area (TPSA) is 54.0 Å². The molecule has 1 saturated heterocycles. The number of thiazole rings is 1. The first kappa shape index (κ1) is 16.7. The first-order chi connectivity index (χ1) is 12.1. The van der Waals surface area contributed by atoms with Crippen molar-refractivity contribution in [1.82, 2.24) is 10.3 Å². The van der Waals surface area contributed by atoms with Crippen molar-refractivity contribution in [2.75, 3.05) is 18.4 Å². The molecule has 1 aromatic heterocycles. The summed E-state index contributed by atoms with van der Waals surface area (Å²) in [5, 5.41) is 7.24. The fraction of sp³-hybridized carbons (Fsp3) is 0.500. The normalized spacial score (nSPS) is 23.9. The highest BCUT2D eigenvalue weighted by atomic mass is 32.1. The molecule has 1 atom stereocenters. The van der Waals surface area contributed by atoms with E-state index in [1.54, 1.807) is 11.3 Å². The largest absolute Gasteiger partial charge is 0.317 e. The number of rotatable bonds is 3. The molecule has 4 rings (SSSR count). The predicted octanol–water partition coefficient (Wildman–Crippen LogP) is 3.74. The number of benzene rings is 1. The van der Waals surface area contributed by atoms with Gasteiger partial charge in [-0.1, -0.05) is 31.2 Å². The van der Waals surface area contributed by atoms with E-state index in [2.05, 4.69) is 46.8 Å². The number of hydrogen-bond donors (Lipinski definition) is 2. The zero-order valence-corrected chi connectivity index (χ0v) is 15.5. The van der Waals surface area contributed by atoms with Gasteiger partial charge in [0.15, 0.2) is 5.13 Å². The number of piperidine rings is 1. The number of aryl methyl sites for hydroxylation is 1. The average Bonchev–Trinajstić information content (AvgIpc) is 3.11. The van der Waals surface area contributed by atoms with E-state index < -0.39 is 0 Å². The van der Waals surface area contributed by atoms with E-state index in [0.717, 1.165) is 50.3 Å². The molecule has 0 saturated carbocycles. The predicted molar refractivity (Wildman–Crippen MR) is 102 cm³/mol. The summed E-state index contributed by atoms with van der Waals surface area (Å²) >= 11 is 1.65. The number of nitrogens with zero attached hydrogens (tertiary/aromatic N) is 1. The minimum Gasteiger partial charge on any atom is -0.317 e. The Morgan fingerprint density at radius 1 is 1.28 bits per heavy atom. The van der Waals surface area contributed by atoms with Gasteiger partial charge in [-0.25, -0.2) is 4.98 Å². The van der Waals surface area contributed by atoms with Gasteiger partial charge in [0.05, 0.1) is 5.41 Å². The maximum absolute atomic E-state index is 12.9. The molecule has 132 valence electrons. The number of amides is 1. The minimum atomic E-state index is -0.352. The quantitative estimate of drug-likeness (QED) is 0.882. The van der Waals surface area contributed by atoms with Crippen LogP contribution in [0.5, 0.6) is 0 Å². The molecule has 0 spiro atoms. The summed E-state index contributed by atoms with van der Waals surface area (Å²) in [5.41, 5.74) is 2.34. The van der Waals surface area contributed by atoms with E-state index >= 15 is 0 Å². The highest BCUT2D eigenvalue weighted by molar-refractivity contribution is 7.15. The first-order valence-corrected chi connectivity index (χ1v) is 10.0. The van der Waals surface area contributed by atoms with Crippen LogP contribution in [0.2, 0.25) is 0 Å². The van der Waals surface area contributed by atoms with E-state index in [0.29, 0.717) is 5.92 Å². The Morgan fingerprint density at radius 2 is 2.04 bits per heavy atom. The highest BCUT2D eigenvalue weighted by Gasteiger charge is 2.37. The maximum atomic E-state index is 12.9. The molecule has 2 N–H and O–H groups in total. The van der Waals surface area contributed by atoms with E-state index in [1.165, 1.54) is 16.0 Å². The third-order valence-electron chi connectivity index (χ3n) is 5.68. The SMILES string of the molecule is CC1(C(=O)Nc2ncc(C3CCNCC3)s2)CCc2ccccc2C1. The number of nitrogens with one attached hydrogen (secondary N) is 2. The van der Waals surface area contributed by atoms with Gasteiger partial charge in [0.25, 0.3) is 0 Å². The highest BCUT2D eigenvalue weighted by Crippen LogP contribution is 2.37. The van der Waals surface area contributed by atoms with Crippen LogP contribution >= 0.6 is 11.3 Å². The lowest BCUT2D eigenvalue weighted by molar-refractivity contribution is -0.125. The van der Waals surface area contributed by atoms with Crippen molar-refractivity contribution in [3.63, 3.8) is 0 Å². The zero-order chi connectivity index (χ0) is 17.3. The summed E-state index contributed by atoms with van der Waals surface area (Å²) in [4.78, 5) is 18.7. The Morgan fingerprint density at radius 3 is 2.84 bits per heavy atom. The van der Waals surface area contributed by atoms with Crippen molar-refractivity contribution in [3.8, 4) is 0 Å². The molecule has 0 radical (unpaired) electrons. The van der Waals surface area contributed by atoms with Crippen LogP contribution in [0.15, 0.2) is 30.5 Å². The molecule has 0 bridgehead atoms. The smallest absolute Gasteiger partial charge is 0.232 e. The maximum Gasteiger partial charge on any atom is 0.232 e. The van der Waals surface area contributed by atoms with Crippen molar-refractivity contribution in [2.45, 2.75) is 44.9 Å². The van der Waals surface area contributed by atoms with Crippen molar-refractivity contribution in [2.24, 2.45) is 5.41 Å². The number of anilines is 1. The second-order valence-electron chi connectivity index (χ2n) is 7.55. The molecular weight excluding hydrogens is 330 g/mol. The van der Waals surface area contributed by atoms with E-state index in [1.807, 2.05) is 6.20 Å². The van der Waals surface area contributed by atoms with Crippen LogP contribution in [0.25, 0.3) is 0 Å². The van der Waals surface area contributed by atoms with Gasteiger partial charge in [0, 0.05) is 11.1 Å². The number of hydrogen-bond acceptors (Lipinski definition) is 4. The monoisotopic (exact) mass is 355 g/mol. The molecule has 1 aromatic carbocycles. The van der Waals surface area contributed by atoms with Gasteiger partial charge >= 0.3 is 0 Å². The van der Waals surface area contributed by atoms with Gasteiger partial charge in [-0.15, -0.1) is 11.3 Å². The van der Waals surface area contributed by atoms with Crippen molar-refractivity contribution < 1.29 is 4.79 Å². The molecule has 1 aliphatic heterocycles. The molecule has 1 unspecified atom stereocenters. The summed E-state index contributed by atoms with van der Waals surface area (Å²) in [7, 11) is 0. The first-order valence-electron chi connectivity index (χ1n) is 9.19. The summed E-state index contributed by atoms with van der Waals surface area (Å²) in [6.07, 6.45) is 6.94. The number of aromatic nitrogens is 1. The van der Waals surface area contributed by atoms with Gasteiger partial charge in [0.2, 0.25) is 5.91 Å². The molecule has 2 aliphatic rings. The summed E-state index contributed by atoms with van der Waals surface area (Å²) in [6, 6.07) is 8.48. The summed E-state index contributed by atoms with van der Waals surface area (Å²) in [5.74, 6) is 0.690. The van der Waals surface area contributed by atoms with Gasteiger partial charge < -0.3 is 10.6 Å². The van der Waals surface area contributed by atoms with E-state index in [-0.39, 0.29) is 11.3 Å². The Labute approximate surface area is 153 Å². The molecule has 4 nitrogen and oxygen atoms in total. The molecule has 1 aliphatic carbocycles. The van der Waals surface area contributed by atoms with Crippen molar-refractivity contribution >= 4 is 22.4 Å². The van der Waals surface area contributed by atoms with Crippen LogP contribution in [0.4, 0.5) is 5.13 Å².